The minimum absolute atomic E-state index is 1.26. The van der Waals surface area contributed by atoms with Crippen molar-refractivity contribution in [2.75, 3.05) is 0 Å². The highest BCUT2D eigenvalue weighted by Gasteiger charge is 2.13. The second kappa shape index (κ2) is 3.63. The van der Waals surface area contributed by atoms with E-state index < -0.39 is 0 Å². The largest absolute Gasteiger partial charge is 0.0606 e. The molecule has 1 aliphatic rings. The second-order valence-corrected chi connectivity index (χ2v) is 5.24. The summed E-state index contributed by atoms with van der Waals surface area (Å²) in [5, 5.41) is 0. The van der Waals surface area contributed by atoms with Crippen molar-refractivity contribution in [1.29, 1.82) is 0 Å². The Bertz CT molecular complexity index is 514. The SMILES string of the molecule is Ic1cccc(-c2ccc3c(c2)CC3)c1. The molecule has 0 N–H and O–H groups in total. The van der Waals surface area contributed by atoms with Crippen molar-refractivity contribution in [3.05, 3.63) is 57.2 Å². The predicted octanol–water partition coefficient (Wildman–Crippen LogP) is 4.06. The smallest absolute Gasteiger partial charge is 0.0136 e. The van der Waals surface area contributed by atoms with Crippen molar-refractivity contribution in [3.63, 3.8) is 0 Å². The average Bonchev–Trinajstić information content (AvgIpc) is 2.20. The van der Waals surface area contributed by atoms with E-state index in [1.54, 1.807) is 0 Å². The second-order valence-electron chi connectivity index (χ2n) is 3.99. The molecule has 0 aliphatic heterocycles. The van der Waals surface area contributed by atoms with Crippen molar-refractivity contribution in [2.24, 2.45) is 0 Å². The Kier molecular flexibility index (Phi) is 2.28. The summed E-state index contributed by atoms with van der Waals surface area (Å²) in [5.74, 6) is 0. The van der Waals surface area contributed by atoms with Gasteiger partial charge in [0.05, 0.1) is 0 Å². The van der Waals surface area contributed by atoms with Crippen LogP contribution in [0.5, 0.6) is 0 Å². The summed E-state index contributed by atoms with van der Waals surface area (Å²) in [6.45, 7) is 0. The number of aryl methyl sites for hydroxylation is 2. The Morgan fingerprint density at radius 2 is 1.60 bits per heavy atom. The number of halogens is 1. The summed E-state index contributed by atoms with van der Waals surface area (Å²) in [4.78, 5) is 0. The number of fused-ring (bicyclic) bond motifs is 1. The maximum Gasteiger partial charge on any atom is 0.0136 e. The first-order valence-electron chi connectivity index (χ1n) is 5.21. The standard InChI is InChI=1S/C14H11I/c15-14-3-1-2-11(9-14)13-7-5-10-4-6-12(10)8-13/h1-3,5,7-9H,4,6H2. The van der Waals surface area contributed by atoms with Crippen LogP contribution in [0.15, 0.2) is 42.5 Å². The molecule has 3 rings (SSSR count). The minimum atomic E-state index is 1.26. The van der Waals surface area contributed by atoms with E-state index in [2.05, 4.69) is 65.1 Å². The van der Waals surface area contributed by atoms with Crippen molar-refractivity contribution >= 4 is 22.6 Å². The van der Waals surface area contributed by atoms with Gasteiger partial charge in [0.15, 0.2) is 0 Å². The summed E-state index contributed by atoms with van der Waals surface area (Å²) in [6, 6.07) is 15.5. The summed E-state index contributed by atoms with van der Waals surface area (Å²) >= 11 is 2.36. The molecule has 0 fully saturated rings. The lowest BCUT2D eigenvalue weighted by atomic mass is 9.86. The Hall–Kier alpha value is -0.830. The first-order valence-corrected chi connectivity index (χ1v) is 6.28. The van der Waals surface area contributed by atoms with E-state index in [-0.39, 0.29) is 0 Å². The molecule has 0 saturated heterocycles. The molecule has 1 aliphatic carbocycles. The van der Waals surface area contributed by atoms with E-state index in [9.17, 15) is 0 Å². The van der Waals surface area contributed by atoms with Gasteiger partial charge in [-0.1, -0.05) is 30.3 Å². The molecule has 15 heavy (non-hydrogen) atoms. The van der Waals surface area contributed by atoms with Gasteiger partial charge >= 0.3 is 0 Å². The Morgan fingerprint density at radius 1 is 0.800 bits per heavy atom. The molecule has 0 aromatic heterocycles. The van der Waals surface area contributed by atoms with E-state index in [1.807, 2.05) is 0 Å². The zero-order valence-electron chi connectivity index (χ0n) is 8.33. The predicted molar refractivity (Wildman–Crippen MR) is 72.0 cm³/mol. The van der Waals surface area contributed by atoms with E-state index in [4.69, 9.17) is 0 Å². The third-order valence-electron chi connectivity index (χ3n) is 3.03. The quantitative estimate of drug-likeness (QED) is 0.697. The molecule has 1 heteroatoms. The van der Waals surface area contributed by atoms with Crippen LogP contribution in [0.25, 0.3) is 11.1 Å². The number of rotatable bonds is 1. The Morgan fingerprint density at radius 3 is 2.27 bits per heavy atom. The maximum atomic E-state index is 2.36. The first-order chi connectivity index (χ1) is 7.33. The van der Waals surface area contributed by atoms with Gasteiger partial charge in [-0.15, -0.1) is 0 Å². The fraction of sp³-hybridized carbons (Fsp3) is 0.143. The van der Waals surface area contributed by atoms with Gasteiger partial charge in [-0.25, -0.2) is 0 Å². The molecule has 2 aromatic carbocycles. The number of hydrogen-bond donors (Lipinski definition) is 0. The van der Waals surface area contributed by atoms with Gasteiger partial charge in [0.1, 0.15) is 0 Å². The van der Waals surface area contributed by atoms with Crippen LogP contribution in [0, 0.1) is 3.57 Å². The van der Waals surface area contributed by atoms with E-state index >= 15 is 0 Å². The van der Waals surface area contributed by atoms with Crippen LogP contribution in [0.3, 0.4) is 0 Å². The van der Waals surface area contributed by atoms with Crippen molar-refractivity contribution in [1.82, 2.24) is 0 Å². The van der Waals surface area contributed by atoms with Crippen LogP contribution in [0.4, 0.5) is 0 Å². The molecule has 0 amide bonds. The molecule has 0 spiro atoms. The third-order valence-corrected chi connectivity index (χ3v) is 3.70. The Labute approximate surface area is 103 Å². The summed E-state index contributed by atoms with van der Waals surface area (Å²) in [5.41, 5.74) is 5.75. The van der Waals surface area contributed by atoms with Crippen LogP contribution in [0.2, 0.25) is 0 Å². The lowest BCUT2D eigenvalue weighted by Gasteiger charge is -2.19. The lowest BCUT2D eigenvalue weighted by molar-refractivity contribution is 0.840. The zero-order valence-corrected chi connectivity index (χ0v) is 10.5. The molecule has 0 atom stereocenters. The fourth-order valence-corrected chi connectivity index (χ4v) is 2.59. The highest BCUT2D eigenvalue weighted by atomic mass is 127. The highest BCUT2D eigenvalue weighted by molar-refractivity contribution is 14.1. The van der Waals surface area contributed by atoms with E-state index in [0.29, 0.717) is 0 Å². The van der Waals surface area contributed by atoms with Crippen LogP contribution in [-0.4, -0.2) is 0 Å². The van der Waals surface area contributed by atoms with Crippen molar-refractivity contribution in [2.45, 2.75) is 12.8 Å². The van der Waals surface area contributed by atoms with Crippen molar-refractivity contribution in [3.8, 4) is 11.1 Å². The lowest BCUT2D eigenvalue weighted by Crippen LogP contribution is -2.07. The molecule has 0 nitrogen and oxygen atoms in total. The van der Waals surface area contributed by atoms with Gasteiger partial charge < -0.3 is 0 Å². The third kappa shape index (κ3) is 1.69. The highest BCUT2D eigenvalue weighted by Crippen LogP contribution is 2.29. The summed E-state index contributed by atoms with van der Waals surface area (Å²) < 4.78 is 1.30. The summed E-state index contributed by atoms with van der Waals surface area (Å²) in [7, 11) is 0. The summed E-state index contributed by atoms with van der Waals surface area (Å²) in [6.07, 6.45) is 2.52. The maximum absolute atomic E-state index is 2.36. The molecular weight excluding hydrogens is 295 g/mol. The molecule has 2 aromatic rings. The Balaban J connectivity index is 2.09. The first kappa shape index (κ1) is 9.40. The molecule has 0 bridgehead atoms. The fourth-order valence-electron chi connectivity index (χ4n) is 2.04. The monoisotopic (exact) mass is 306 g/mol. The normalized spacial score (nSPS) is 13.1. The molecule has 74 valence electrons. The van der Waals surface area contributed by atoms with E-state index in [0.717, 1.165) is 0 Å². The van der Waals surface area contributed by atoms with Gasteiger partial charge in [0.2, 0.25) is 0 Å². The van der Waals surface area contributed by atoms with Gasteiger partial charge in [-0.3, -0.25) is 0 Å². The van der Waals surface area contributed by atoms with Crippen LogP contribution < -0.4 is 0 Å². The average molecular weight is 306 g/mol. The van der Waals surface area contributed by atoms with Crippen LogP contribution in [-0.2, 0) is 12.8 Å². The van der Waals surface area contributed by atoms with Crippen LogP contribution in [0.1, 0.15) is 11.1 Å². The van der Waals surface area contributed by atoms with Gasteiger partial charge in [0.25, 0.3) is 0 Å². The zero-order chi connectivity index (χ0) is 10.3. The molecule has 0 saturated carbocycles. The van der Waals surface area contributed by atoms with Gasteiger partial charge in [-0.2, -0.15) is 0 Å². The van der Waals surface area contributed by atoms with Crippen LogP contribution >= 0.6 is 22.6 Å². The van der Waals surface area contributed by atoms with Gasteiger partial charge in [0, 0.05) is 3.57 Å². The molecule has 0 heterocycles. The molecule has 0 radical (unpaired) electrons. The topological polar surface area (TPSA) is 0 Å². The number of hydrogen-bond acceptors (Lipinski definition) is 0. The van der Waals surface area contributed by atoms with Gasteiger partial charge in [-0.05, 0) is 69.8 Å². The number of benzene rings is 2. The minimum Gasteiger partial charge on any atom is -0.0606 e. The van der Waals surface area contributed by atoms with Crippen molar-refractivity contribution < 1.29 is 0 Å². The van der Waals surface area contributed by atoms with E-state index in [1.165, 1.54) is 38.7 Å². The molecule has 0 unspecified atom stereocenters. The molecular formula is C14H11I.